The van der Waals surface area contributed by atoms with Gasteiger partial charge in [-0.05, 0) is 19.3 Å². The van der Waals surface area contributed by atoms with E-state index in [9.17, 15) is 4.79 Å². The SMILES string of the molecule is COCCCN1CCC(N2CC(N)CC2=O)CC1. The summed E-state index contributed by atoms with van der Waals surface area (Å²) in [4.78, 5) is 16.3. The average Bonchev–Trinajstić information content (AvgIpc) is 2.70. The second-order valence-corrected chi connectivity index (χ2v) is 5.43. The van der Waals surface area contributed by atoms with E-state index in [2.05, 4.69) is 4.90 Å². The number of carbonyl (C=O) groups is 1. The number of rotatable bonds is 5. The normalized spacial score (nSPS) is 27.1. The Kier molecular flexibility index (Phi) is 4.97. The minimum absolute atomic E-state index is 0.0530. The van der Waals surface area contributed by atoms with Crippen molar-refractivity contribution in [2.75, 3.05) is 39.9 Å². The molecule has 0 aliphatic carbocycles. The molecule has 1 unspecified atom stereocenters. The van der Waals surface area contributed by atoms with Crippen LogP contribution >= 0.6 is 0 Å². The van der Waals surface area contributed by atoms with Crippen molar-refractivity contribution in [1.82, 2.24) is 9.80 Å². The largest absolute Gasteiger partial charge is 0.385 e. The first-order chi connectivity index (χ1) is 8.70. The van der Waals surface area contributed by atoms with Crippen LogP contribution in [0.1, 0.15) is 25.7 Å². The number of carbonyl (C=O) groups excluding carboxylic acids is 1. The molecular weight excluding hydrogens is 230 g/mol. The molecule has 104 valence electrons. The zero-order valence-corrected chi connectivity index (χ0v) is 11.3. The van der Waals surface area contributed by atoms with Crippen LogP contribution in [0.3, 0.4) is 0 Å². The molecule has 2 N–H and O–H groups in total. The van der Waals surface area contributed by atoms with Crippen LogP contribution in [0.5, 0.6) is 0 Å². The fourth-order valence-electron chi connectivity index (χ4n) is 3.00. The quantitative estimate of drug-likeness (QED) is 0.705. The van der Waals surface area contributed by atoms with Gasteiger partial charge in [-0.2, -0.15) is 0 Å². The summed E-state index contributed by atoms with van der Waals surface area (Å²) in [6.45, 7) is 4.88. The molecule has 2 aliphatic heterocycles. The van der Waals surface area contributed by atoms with Crippen LogP contribution in [0.2, 0.25) is 0 Å². The molecule has 2 heterocycles. The van der Waals surface area contributed by atoms with Crippen LogP contribution in [-0.4, -0.2) is 67.7 Å². The molecule has 0 aromatic carbocycles. The molecular formula is C13H25N3O2. The van der Waals surface area contributed by atoms with Gasteiger partial charge < -0.3 is 20.3 Å². The fourth-order valence-corrected chi connectivity index (χ4v) is 3.00. The van der Waals surface area contributed by atoms with Crippen molar-refractivity contribution in [2.45, 2.75) is 37.8 Å². The second-order valence-electron chi connectivity index (χ2n) is 5.43. The number of ether oxygens (including phenoxy) is 1. The van der Waals surface area contributed by atoms with Crippen molar-refractivity contribution in [3.8, 4) is 0 Å². The number of amides is 1. The summed E-state index contributed by atoms with van der Waals surface area (Å²) in [7, 11) is 1.74. The van der Waals surface area contributed by atoms with Crippen molar-refractivity contribution in [3.05, 3.63) is 0 Å². The highest BCUT2D eigenvalue weighted by atomic mass is 16.5. The summed E-state index contributed by atoms with van der Waals surface area (Å²) >= 11 is 0. The van der Waals surface area contributed by atoms with E-state index in [-0.39, 0.29) is 11.9 Å². The molecule has 5 heteroatoms. The number of piperidine rings is 1. The standard InChI is InChI=1S/C13H25N3O2/c1-18-8-2-5-15-6-3-12(4-7-15)16-10-11(14)9-13(16)17/h11-12H,2-10,14H2,1H3. The van der Waals surface area contributed by atoms with Gasteiger partial charge in [0.05, 0.1) is 0 Å². The van der Waals surface area contributed by atoms with Crippen LogP contribution < -0.4 is 5.73 Å². The van der Waals surface area contributed by atoms with Crippen LogP contribution in [0.4, 0.5) is 0 Å². The van der Waals surface area contributed by atoms with E-state index in [0.29, 0.717) is 12.5 Å². The zero-order valence-electron chi connectivity index (χ0n) is 11.3. The number of nitrogens with two attached hydrogens (primary N) is 1. The molecule has 0 saturated carbocycles. The van der Waals surface area contributed by atoms with Crippen molar-refractivity contribution < 1.29 is 9.53 Å². The Morgan fingerprint density at radius 3 is 2.67 bits per heavy atom. The van der Waals surface area contributed by atoms with Gasteiger partial charge in [0, 0.05) is 58.4 Å². The van der Waals surface area contributed by atoms with E-state index in [1.165, 1.54) is 0 Å². The summed E-state index contributed by atoms with van der Waals surface area (Å²) in [6.07, 6.45) is 3.81. The van der Waals surface area contributed by atoms with Gasteiger partial charge in [-0.3, -0.25) is 4.79 Å². The van der Waals surface area contributed by atoms with Crippen LogP contribution in [0, 0.1) is 0 Å². The highest BCUT2D eigenvalue weighted by molar-refractivity contribution is 5.79. The number of hydrogen-bond donors (Lipinski definition) is 1. The average molecular weight is 255 g/mol. The monoisotopic (exact) mass is 255 g/mol. The second kappa shape index (κ2) is 6.50. The molecule has 0 radical (unpaired) electrons. The van der Waals surface area contributed by atoms with Gasteiger partial charge >= 0.3 is 0 Å². The predicted octanol–water partition coefficient (Wildman–Crippen LogP) is 0.0469. The van der Waals surface area contributed by atoms with E-state index in [1.54, 1.807) is 7.11 Å². The molecule has 1 atom stereocenters. The smallest absolute Gasteiger partial charge is 0.224 e. The third-order valence-electron chi connectivity index (χ3n) is 4.01. The van der Waals surface area contributed by atoms with E-state index in [0.717, 1.165) is 52.0 Å². The van der Waals surface area contributed by atoms with E-state index in [4.69, 9.17) is 10.5 Å². The molecule has 1 amide bonds. The van der Waals surface area contributed by atoms with Gasteiger partial charge in [0.2, 0.25) is 5.91 Å². The zero-order chi connectivity index (χ0) is 13.0. The molecule has 0 bridgehead atoms. The van der Waals surface area contributed by atoms with Crippen molar-refractivity contribution in [2.24, 2.45) is 5.73 Å². The molecule has 5 nitrogen and oxygen atoms in total. The van der Waals surface area contributed by atoms with Gasteiger partial charge in [-0.25, -0.2) is 0 Å². The first-order valence-electron chi connectivity index (χ1n) is 6.97. The van der Waals surface area contributed by atoms with Crippen molar-refractivity contribution >= 4 is 5.91 Å². The van der Waals surface area contributed by atoms with Gasteiger partial charge in [0.15, 0.2) is 0 Å². The van der Waals surface area contributed by atoms with Crippen molar-refractivity contribution in [3.63, 3.8) is 0 Å². The summed E-state index contributed by atoms with van der Waals surface area (Å²) in [5.74, 6) is 0.250. The topological polar surface area (TPSA) is 58.8 Å². The third kappa shape index (κ3) is 3.43. The molecule has 0 spiro atoms. The highest BCUT2D eigenvalue weighted by Crippen LogP contribution is 2.21. The maximum Gasteiger partial charge on any atom is 0.224 e. The third-order valence-corrected chi connectivity index (χ3v) is 4.01. The molecule has 0 aromatic rings. The summed E-state index contributed by atoms with van der Waals surface area (Å²) in [5.41, 5.74) is 5.84. The Labute approximate surface area is 109 Å². The fraction of sp³-hybridized carbons (Fsp3) is 0.923. The maximum atomic E-state index is 11.8. The van der Waals surface area contributed by atoms with E-state index >= 15 is 0 Å². The van der Waals surface area contributed by atoms with E-state index in [1.807, 2.05) is 4.90 Å². The van der Waals surface area contributed by atoms with Gasteiger partial charge in [-0.1, -0.05) is 0 Å². The van der Waals surface area contributed by atoms with Crippen molar-refractivity contribution in [1.29, 1.82) is 0 Å². The highest BCUT2D eigenvalue weighted by Gasteiger charge is 2.33. The number of hydrogen-bond acceptors (Lipinski definition) is 4. The Hall–Kier alpha value is -0.650. The first kappa shape index (κ1) is 13.8. The molecule has 2 aliphatic rings. The summed E-state index contributed by atoms with van der Waals surface area (Å²) in [5, 5.41) is 0. The molecule has 2 saturated heterocycles. The number of methoxy groups -OCH3 is 1. The van der Waals surface area contributed by atoms with Gasteiger partial charge in [-0.15, -0.1) is 0 Å². The Bertz CT molecular complexity index is 277. The predicted molar refractivity (Wildman–Crippen MR) is 70.3 cm³/mol. The van der Waals surface area contributed by atoms with Crippen LogP contribution in [-0.2, 0) is 9.53 Å². The van der Waals surface area contributed by atoms with E-state index < -0.39 is 0 Å². The number of likely N-dealkylation sites (tertiary alicyclic amines) is 2. The maximum absolute atomic E-state index is 11.8. The Morgan fingerprint density at radius 2 is 2.11 bits per heavy atom. The lowest BCUT2D eigenvalue weighted by atomic mass is 10.0. The minimum Gasteiger partial charge on any atom is -0.385 e. The Balaban J connectivity index is 1.71. The molecule has 2 rings (SSSR count). The summed E-state index contributed by atoms with van der Waals surface area (Å²) in [6, 6.07) is 0.474. The van der Waals surface area contributed by atoms with Gasteiger partial charge in [0.25, 0.3) is 0 Å². The Morgan fingerprint density at radius 1 is 1.39 bits per heavy atom. The lowest BCUT2D eigenvalue weighted by Gasteiger charge is -2.36. The molecule has 0 aromatic heterocycles. The summed E-state index contributed by atoms with van der Waals surface area (Å²) < 4.78 is 5.07. The number of nitrogens with zero attached hydrogens (tertiary/aromatic N) is 2. The first-order valence-corrected chi connectivity index (χ1v) is 6.97. The van der Waals surface area contributed by atoms with Gasteiger partial charge in [0.1, 0.15) is 0 Å². The molecule has 18 heavy (non-hydrogen) atoms. The van der Waals surface area contributed by atoms with Crippen LogP contribution in [0.15, 0.2) is 0 Å². The lowest BCUT2D eigenvalue weighted by molar-refractivity contribution is -0.130. The lowest BCUT2D eigenvalue weighted by Crippen LogP contribution is -2.46. The molecule has 2 fully saturated rings. The minimum atomic E-state index is 0.0530. The van der Waals surface area contributed by atoms with Crippen LogP contribution in [0.25, 0.3) is 0 Å².